The minimum Gasteiger partial charge on any atom is -0.495 e. The zero-order chi connectivity index (χ0) is 15.0. The van der Waals surface area contributed by atoms with E-state index in [4.69, 9.17) is 16.3 Å². The number of fused-ring (bicyclic) bond motifs is 1. The maximum Gasteiger partial charge on any atom is 0.153 e. The normalized spacial score (nSPS) is 11.0. The van der Waals surface area contributed by atoms with Crippen LogP contribution in [0.1, 0.15) is 5.82 Å². The third-order valence-corrected chi connectivity index (χ3v) is 3.43. The van der Waals surface area contributed by atoms with Crippen LogP contribution in [-0.2, 0) is 5.88 Å². The number of alkyl halides is 1. The van der Waals surface area contributed by atoms with Crippen LogP contribution in [0.4, 0.5) is 8.78 Å². The van der Waals surface area contributed by atoms with Gasteiger partial charge in [-0.1, -0.05) is 12.1 Å². The number of rotatable bonds is 3. The fourth-order valence-corrected chi connectivity index (χ4v) is 2.50. The molecule has 0 amide bonds. The molecule has 0 unspecified atom stereocenters. The monoisotopic (exact) mass is 308 g/mol. The number of methoxy groups -OCH3 is 1. The van der Waals surface area contributed by atoms with Crippen LogP contribution in [0.25, 0.3) is 16.7 Å². The SMILES string of the molecule is COc1ccccc1-n1c(CCl)nc2c(F)cc(F)cc21. The van der Waals surface area contributed by atoms with Crippen molar-refractivity contribution in [3.05, 3.63) is 53.9 Å². The number of ether oxygens (including phenoxy) is 1. The molecular formula is C15H11ClF2N2O. The average Bonchev–Trinajstić information content (AvgIpc) is 2.85. The lowest BCUT2D eigenvalue weighted by Crippen LogP contribution is -2.02. The Labute approximate surface area is 124 Å². The molecule has 2 aromatic carbocycles. The second kappa shape index (κ2) is 5.33. The second-order valence-electron chi connectivity index (χ2n) is 4.42. The predicted octanol–water partition coefficient (Wildman–Crippen LogP) is 4.05. The van der Waals surface area contributed by atoms with Crippen LogP contribution >= 0.6 is 11.6 Å². The van der Waals surface area contributed by atoms with Crippen LogP contribution in [0, 0.1) is 11.6 Å². The standard InChI is InChI=1S/C15H11ClF2N2O/c1-21-13-5-3-2-4-11(13)20-12-7-9(17)6-10(18)15(12)19-14(20)8-16/h2-7H,8H2,1H3. The molecule has 3 nitrogen and oxygen atoms in total. The van der Waals surface area contributed by atoms with Gasteiger partial charge in [-0.2, -0.15) is 0 Å². The van der Waals surface area contributed by atoms with E-state index in [9.17, 15) is 8.78 Å². The van der Waals surface area contributed by atoms with Gasteiger partial charge in [-0.3, -0.25) is 4.57 Å². The Morgan fingerprint density at radius 3 is 2.71 bits per heavy atom. The van der Waals surface area contributed by atoms with Gasteiger partial charge in [0, 0.05) is 12.1 Å². The Morgan fingerprint density at radius 2 is 2.00 bits per heavy atom. The fraction of sp³-hybridized carbons (Fsp3) is 0.133. The van der Waals surface area contributed by atoms with Crippen molar-refractivity contribution >= 4 is 22.6 Å². The molecule has 0 aliphatic rings. The van der Waals surface area contributed by atoms with E-state index in [1.54, 1.807) is 22.8 Å². The number of halogens is 3. The van der Waals surface area contributed by atoms with Crippen LogP contribution in [-0.4, -0.2) is 16.7 Å². The van der Waals surface area contributed by atoms with Gasteiger partial charge in [0.1, 0.15) is 22.9 Å². The second-order valence-corrected chi connectivity index (χ2v) is 4.69. The van der Waals surface area contributed by atoms with Crippen molar-refractivity contribution in [2.24, 2.45) is 0 Å². The molecule has 3 rings (SSSR count). The first-order valence-corrected chi connectivity index (χ1v) is 6.75. The lowest BCUT2D eigenvalue weighted by Gasteiger charge is -2.12. The molecule has 108 valence electrons. The van der Waals surface area contributed by atoms with Crippen LogP contribution in [0.3, 0.4) is 0 Å². The van der Waals surface area contributed by atoms with E-state index in [-0.39, 0.29) is 11.4 Å². The van der Waals surface area contributed by atoms with Gasteiger partial charge in [-0.15, -0.1) is 11.6 Å². The lowest BCUT2D eigenvalue weighted by atomic mass is 10.2. The molecular weight excluding hydrogens is 298 g/mol. The maximum atomic E-state index is 13.9. The molecule has 6 heteroatoms. The summed E-state index contributed by atoms with van der Waals surface area (Å²) in [6.07, 6.45) is 0. The highest BCUT2D eigenvalue weighted by Gasteiger charge is 2.18. The van der Waals surface area contributed by atoms with Gasteiger partial charge in [0.05, 0.1) is 24.2 Å². The van der Waals surface area contributed by atoms with Crippen molar-refractivity contribution in [1.82, 2.24) is 9.55 Å². The molecule has 0 aliphatic heterocycles. The largest absolute Gasteiger partial charge is 0.495 e. The van der Waals surface area contributed by atoms with E-state index in [1.165, 1.54) is 13.2 Å². The molecule has 1 aromatic heterocycles. The van der Waals surface area contributed by atoms with Crippen molar-refractivity contribution in [2.45, 2.75) is 5.88 Å². The Hall–Kier alpha value is -2.14. The highest BCUT2D eigenvalue weighted by Crippen LogP contribution is 2.30. The Bertz CT molecular complexity index is 817. The summed E-state index contributed by atoms with van der Waals surface area (Å²) in [6.45, 7) is 0. The topological polar surface area (TPSA) is 27.1 Å². The van der Waals surface area contributed by atoms with Gasteiger partial charge < -0.3 is 4.74 Å². The molecule has 0 atom stereocenters. The number of hydrogen-bond acceptors (Lipinski definition) is 2. The predicted molar refractivity (Wildman–Crippen MR) is 77.1 cm³/mol. The van der Waals surface area contributed by atoms with Crippen LogP contribution in [0.2, 0.25) is 0 Å². The van der Waals surface area contributed by atoms with Crippen LogP contribution in [0.15, 0.2) is 36.4 Å². The number of aromatic nitrogens is 2. The summed E-state index contributed by atoms with van der Waals surface area (Å²) in [7, 11) is 1.53. The number of imidazole rings is 1. The van der Waals surface area contributed by atoms with Crippen LogP contribution < -0.4 is 4.74 Å². The van der Waals surface area contributed by atoms with E-state index in [1.807, 2.05) is 6.07 Å². The van der Waals surface area contributed by atoms with Crippen LogP contribution in [0.5, 0.6) is 5.75 Å². The summed E-state index contributed by atoms with van der Waals surface area (Å²) < 4.78 is 34.3. The van der Waals surface area contributed by atoms with E-state index in [0.29, 0.717) is 22.8 Å². The third kappa shape index (κ3) is 2.23. The summed E-state index contributed by atoms with van der Waals surface area (Å²) >= 11 is 5.90. The quantitative estimate of drug-likeness (QED) is 0.683. The summed E-state index contributed by atoms with van der Waals surface area (Å²) in [5.74, 6) is -0.343. The zero-order valence-electron chi connectivity index (χ0n) is 11.1. The first kappa shape index (κ1) is 13.8. The zero-order valence-corrected chi connectivity index (χ0v) is 11.9. The van der Waals surface area contributed by atoms with Crippen molar-refractivity contribution in [1.29, 1.82) is 0 Å². The van der Waals surface area contributed by atoms with Gasteiger partial charge in [-0.25, -0.2) is 13.8 Å². The summed E-state index contributed by atoms with van der Waals surface area (Å²) in [5.41, 5.74) is 1.02. The lowest BCUT2D eigenvalue weighted by molar-refractivity contribution is 0.413. The molecule has 0 spiro atoms. The molecule has 3 aromatic rings. The molecule has 0 bridgehead atoms. The minimum absolute atomic E-state index is 0.0633. The van der Waals surface area contributed by atoms with Gasteiger partial charge in [0.15, 0.2) is 5.82 Å². The van der Waals surface area contributed by atoms with Gasteiger partial charge in [0.25, 0.3) is 0 Å². The number of benzene rings is 2. The van der Waals surface area contributed by atoms with Gasteiger partial charge in [0.2, 0.25) is 0 Å². The van der Waals surface area contributed by atoms with Crippen molar-refractivity contribution < 1.29 is 13.5 Å². The van der Waals surface area contributed by atoms with Gasteiger partial charge >= 0.3 is 0 Å². The number of para-hydroxylation sites is 2. The van der Waals surface area contributed by atoms with E-state index in [0.717, 1.165) is 6.07 Å². The highest BCUT2D eigenvalue weighted by molar-refractivity contribution is 6.17. The van der Waals surface area contributed by atoms with Crippen molar-refractivity contribution in [2.75, 3.05) is 7.11 Å². The molecule has 0 aliphatic carbocycles. The summed E-state index contributed by atoms with van der Waals surface area (Å²) in [6, 6.07) is 9.18. The molecule has 0 saturated heterocycles. The van der Waals surface area contributed by atoms with Crippen molar-refractivity contribution in [3.63, 3.8) is 0 Å². The average molecular weight is 309 g/mol. The molecule has 0 radical (unpaired) electrons. The third-order valence-electron chi connectivity index (χ3n) is 3.19. The highest BCUT2D eigenvalue weighted by atomic mass is 35.5. The minimum atomic E-state index is -0.718. The summed E-state index contributed by atoms with van der Waals surface area (Å²) in [4.78, 5) is 4.16. The van der Waals surface area contributed by atoms with Crippen molar-refractivity contribution in [3.8, 4) is 11.4 Å². The fourth-order valence-electron chi connectivity index (χ4n) is 2.32. The smallest absolute Gasteiger partial charge is 0.153 e. The number of hydrogen-bond donors (Lipinski definition) is 0. The maximum absolute atomic E-state index is 13.9. The number of nitrogens with zero attached hydrogens (tertiary/aromatic N) is 2. The Morgan fingerprint density at radius 1 is 1.24 bits per heavy atom. The first-order valence-electron chi connectivity index (χ1n) is 6.21. The molecule has 0 fully saturated rings. The van der Waals surface area contributed by atoms with Gasteiger partial charge in [-0.05, 0) is 12.1 Å². The van der Waals surface area contributed by atoms with E-state index >= 15 is 0 Å². The van der Waals surface area contributed by atoms with E-state index in [2.05, 4.69) is 4.98 Å². The first-order chi connectivity index (χ1) is 10.2. The summed E-state index contributed by atoms with van der Waals surface area (Å²) in [5, 5.41) is 0. The molecule has 0 N–H and O–H groups in total. The Kier molecular flexibility index (Phi) is 3.51. The molecule has 1 heterocycles. The van der Waals surface area contributed by atoms with E-state index < -0.39 is 11.6 Å². The molecule has 21 heavy (non-hydrogen) atoms. The Balaban J connectivity index is 2.40. The molecule has 0 saturated carbocycles.